The minimum atomic E-state index is 0.122. The zero-order valence-electron chi connectivity index (χ0n) is 15.7. The number of benzene rings is 2. The quantitative estimate of drug-likeness (QED) is 0.316. The highest BCUT2D eigenvalue weighted by atomic mass is 79.9. The summed E-state index contributed by atoms with van der Waals surface area (Å²) >= 11 is 3.51. The maximum Gasteiger partial charge on any atom is 0.194 e. The molecule has 0 radical (unpaired) electrons. The lowest BCUT2D eigenvalue weighted by molar-refractivity contribution is 0.103. The Kier molecular flexibility index (Phi) is 6.77. The fourth-order valence-corrected chi connectivity index (χ4v) is 4.27. The Bertz CT molecular complexity index is 813. The van der Waals surface area contributed by atoms with Gasteiger partial charge in [0, 0.05) is 16.5 Å². The number of alkyl halides is 1. The van der Waals surface area contributed by atoms with Gasteiger partial charge in [0.25, 0.3) is 0 Å². The first-order chi connectivity index (χ1) is 11.8. The van der Waals surface area contributed by atoms with Crippen molar-refractivity contribution < 1.29 is 4.79 Å². The molecule has 0 atom stereocenters. The summed E-state index contributed by atoms with van der Waals surface area (Å²) in [6.07, 6.45) is 2.05. The van der Waals surface area contributed by atoms with Crippen LogP contribution in [-0.2, 0) is 6.42 Å². The summed E-state index contributed by atoms with van der Waals surface area (Å²) < 4.78 is 0. The largest absolute Gasteiger partial charge is 0.289 e. The molecule has 0 fully saturated rings. The Hall–Kier alpha value is -1.24. The van der Waals surface area contributed by atoms with Gasteiger partial charge in [0.05, 0.1) is 0 Å². The molecule has 0 aliphatic rings. The van der Waals surface area contributed by atoms with Crippen LogP contribution in [0.1, 0.15) is 61.3 Å². The Morgan fingerprint density at radius 3 is 2.12 bits per heavy atom. The third-order valence-corrected chi connectivity index (χ3v) is 5.68. The van der Waals surface area contributed by atoms with Gasteiger partial charge in [-0.3, -0.25) is 4.79 Å². The number of rotatable bonds is 6. The van der Waals surface area contributed by atoms with Gasteiger partial charge < -0.3 is 0 Å². The summed E-state index contributed by atoms with van der Waals surface area (Å²) in [7, 11) is 3.51. The third kappa shape index (κ3) is 4.13. The molecule has 2 aromatic carbocycles. The second-order valence-electron chi connectivity index (χ2n) is 6.80. The van der Waals surface area contributed by atoms with Gasteiger partial charge >= 0.3 is 0 Å². The third-order valence-electron chi connectivity index (χ3n) is 4.81. The van der Waals surface area contributed by atoms with E-state index >= 15 is 0 Å². The van der Waals surface area contributed by atoms with Gasteiger partial charge in [0.1, 0.15) is 0 Å². The maximum absolute atomic E-state index is 13.5. The van der Waals surface area contributed by atoms with E-state index in [9.17, 15) is 4.79 Å². The van der Waals surface area contributed by atoms with Crippen LogP contribution in [0.25, 0.3) is 0 Å². The van der Waals surface area contributed by atoms with Crippen molar-refractivity contribution in [3.63, 3.8) is 0 Å². The highest BCUT2D eigenvalue weighted by Gasteiger charge is 2.22. The number of hydrogen-bond acceptors (Lipinski definition) is 1. The molecule has 0 amide bonds. The average molecular weight is 417 g/mol. The molecule has 2 rings (SSSR count). The summed E-state index contributed by atoms with van der Waals surface area (Å²) in [5, 5.41) is 0.970. The van der Waals surface area contributed by atoms with Crippen molar-refractivity contribution in [2.45, 2.75) is 47.5 Å². The molecule has 2 aromatic rings. The fourth-order valence-electron chi connectivity index (χ4n) is 3.76. The monoisotopic (exact) mass is 416 g/mol. The maximum atomic E-state index is 13.5. The zero-order valence-corrected chi connectivity index (χ0v) is 18.3. The van der Waals surface area contributed by atoms with E-state index in [1.807, 2.05) is 19.6 Å². The van der Waals surface area contributed by atoms with Gasteiger partial charge in [-0.1, -0.05) is 39.7 Å². The minimum absolute atomic E-state index is 0.122. The second-order valence-corrected chi connectivity index (χ2v) is 7.88. The normalized spacial score (nSPS) is 10.8. The number of ketones is 1. The molecule has 0 aliphatic carbocycles. The van der Waals surface area contributed by atoms with Gasteiger partial charge in [-0.15, -0.1) is 8.86 Å². The topological polar surface area (TPSA) is 17.1 Å². The molecule has 0 heterocycles. The van der Waals surface area contributed by atoms with Crippen molar-refractivity contribution in [2.24, 2.45) is 0 Å². The molecule has 0 saturated heterocycles. The molecule has 0 bridgehead atoms. The summed E-state index contributed by atoms with van der Waals surface area (Å²) in [5.41, 5.74) is 9.54. The van der Waals surface area contributed by atoms with Crippen molar-refractivity contribution in [3.8, 4) is 0 Å². The first-order valence-electron chi connectivity index (χ1n) is 8.63. The van der Waals surface area contributed by atoms with Crippen LogP contribution < -0.4 is 0 Å². The van der Waals surface area contributed by atoms with Crippen LogP contribution in [0.2, 0.25) is 0 Å². The number of carbonyl (C=O) groups excluding carboxylic acids is 1. The molecule has 0 aliphatic heterocycles. The minimum Gasteiger partial charge on any atom is -0.289 e. The molecular weight excluding hydrogens is 391 g/mol. The van der Waals surface area contributed by atoms with E-state index in [1.165, 1.54) is 16.7 Å². The average Bonchev–Trinajstić information content (AvgIpc) is 2.52. The van der Waals surface area contributed by atoms with Crippen molar-refractivity contribution >= 4 is 36.4 Å². The van der Waals surface area contributed by atoms with E-state index < -0.39 is 0 Å². The van der Waals surface area contributed by atoms with Crippen LogP contribution in [-0.4, -0.2) is 16.9 Å². The van der Waals surface area contributed by atoms with Crippen LogP contribution in [0.3, 0.4) is 0 Å². The Morgan fingerprint density at radius 2 is 1.60 bits per heavy atom. The highest BCUT2D eigenvalue weighted by Crippen LogP contribution is 2.28. The molecule has 0 spiro atoms. The summed E-state index contributed by atoms with van der Waals surface area (Å²) in [5.74, 6) is 1.98. The lowest BCUT2D eigenvalue weighted by atomic mass is 9.85. The van der Waals surface area contributed by atoms with Crippen molar-refractivity contribution in [1.82, 2.24) is 0 Å². The van der Waals surface area contributed by atoms with Gasteiger partial charge in [0.15, 0.2) is 5.78 Å². The number of carbonyl (C=O) groups is 1. The molecule has 0 unspecified atom stereocenters. The smallest absolute Gasteiger partial charge is 0.194 e. The van der Waals surface area contributed by atoms with Crippen LogP contribution >= 0.6 is 24.8 Å². The number of hydrogen-bond donors (Lipinski definition) is 0. The van der Waals surface area contributed by atoms with E-state index in [4.69, 9.17) is 0 Å². The van der Waals surface area contributed by atoms with Gasteiger partial charge in [0.2, 0.25) is 0 Å². The molecule has 1 nitrogen and oxygen atoms in total. The van der Waals surface area contributed by atoms with Crippen molar-refractivity contribution in [1.29, 1.82) is 0 Å². The second kappa shape index (κ2) is 8.43. The SMILES string of the molecule is Cc1cc(C)c(C(=O)c2c(C=P)cc(C)c(CCCBr)c2C)c(C)c1. The van der Waals surface area contributed by atoms with E-state index in [-0.39, 0.29) is 5.78 Å². The van der Waals surface area contributed by atoms with E-state index in [2.05, 4.69) is 63.8 Å². The van der Waals surface area contributed by atoms with Crippen LogP contribution in [0, 0.1) is 34.6 Å². The number of halogens is 1. The summed E-state index contributed by atoms with van der Waals surface area (Å²) in [6.45, 7) is 10.3. The predicted octanol–water partition coefficient (Wildman–Crippen LogP) is 6.08. The molecule has 3 heteroatoms. The highest BCUT2D eigenvalue weighted by molar-refractivity contribution is 9.09. The molecule has 0 saturated carbocycles. The summed E-state index contributed by atoms with van der Waals surface area (Å²) in [4.78, 5) is 13.5. The van der Waals surface area contributed by atoms with Crippen LogP contribution in [0.4, 0.5) is 0 Å². The van der Waals surface area contributed by atoms with E-state index in [0.29, 0.717) is 0 Å². The fraction of sp³-hybridized carbons (Fsp3) is 0.364. The van der Waals surface area contributed by atoms with E-state index in [1.54, 1.807) is 0 Å². The van der Waals surface area contributed by atoms with Gasteiger partial charge in [-0.2, -0.15) is 0 Å². The molecule has 0 N–H and O–H groups in total. The first-order valence-corrected chi connectivity index (χ1v) is 10.3. The lowest BCUT2D eigenvalue weighted by Crippen LogP contribution is -2.14. The number of aryl methyl sites for hydroxylation is 4. The zero-order chi connectivity index (χ0) is 18.7. The first kappa shape index (κ1) is 20.1. The van der Waals surface area contributed by atoms with Crippen molar-refractivity contribution in [2.75, 3.05) is 5.33 Å². The van der Waals surface area contributed by atoms with Crippen molar-refractivity contribution in [3.05, 3.63) is 68.3 Å². The molecule has 0 aromatic heterocycles. The van der Waals surface area contributed by atoms with E-state index in [0.717, 1.165) is 51.6 Å². The summed E-state index contributed by atoms with van der Waals surface area (Å²) in [6, 6.07) is 6.30. The lowest BCUT2D eigenvalue weighted by Gasteiger charge is -2.18. The van der Waals surface area contributed by atoms with Gasteiger partial charge in [-0.25, -0.2) is 0 Å². The van der Waals surface area contributed by atoms with Crippen LogP contribution in [0.15, 0.2) is 18.2 Å². The Labute approximate surface area is 162 Å². The Balaban J connectivity index is 2.69. The molecular formula is C22H26BrOP. The standard InChI is InChI=1S/C22H26BrOP/c1-13-9-15(3)20(16(4)10-13)22(24)21-17(5)19(7-6-8-23)14(2)11-18(21)12-25/h9-12,25H,6-8H2,1-5H3. The van der Waals surface area contributed by atoms with Crippen LogP contribution in [0.5, 0.6) is 0 Å². The molecule has 132 valence electrons. The Morgan fingerprint density at radius 1 is 1.00 bits per heavy atom. The molecule has 25 heavy (non-hydrogen) atoms. The van der Waals surface area contributed by atoms with Gasteiger partial charge in [-0.05, 0) is 86.6 Å². The predicted molar refractivity (Wildman–Crippen MR) is 116 cm³/mol.